The fraction of sp³-hybridized carbons (Fsp3) is 0.600. The van der Waals surface area contributed by atoms with Crippen LogP contribution in [0.3, 0.4) is 0 Å². The summed E-state index contributed by atoms with van der Waals surface area (Å²) in [6.45, 7) is 3.22. The Kier molecular flexibility index (Phi) is 2.86. The summed E-state index contributed by atoms with van der Waals surface area (Å²) in [5.41, 5.74) is 5.66. The summed E-state index contributed by atoms with van der Waals surface area (Å²) < 4.78 is 16.2. The second-order valence-corrected chi connectivity index (χ2v) is 3.56. The molecule has 0 aliphatic carbocycles. The largest absolute Gasteiger partial charge is 0.461 e. The highest BCUT2D eigenvalue weighted by Gasteiger charge is 2.21. The number of nitrogens with two attached hydrogens (primary N) is 1. The lowest BCUT2D eigenvalue weighted by atomic mass is 10.2. The van der Waals surface area contributed by atoms with Crippen LogP contribution in [-0.2, 0) is 15.9 Å². The third kappa shape index (κ3) is 2.15. The van der Waals surface area contributed by atoms with Gasteiger partial charge >= 0.3 is 0 Å². The highest BCUT2D eigenvalue weighted by Crippen LogP contribution is 2.25. The van der Waals surface area contributed by atoms with Crippen molar-refractivity contribution in [3.05, 3.63) is 23.7 Å². The first kappa shape index (κ1) is 9.71. The molecule has 0 radical (unpaired) electrons. The van der Waals surface area contributed by atoms with Gasteiger partial charge in [0.1, 0.15) is 5.76 Å². The number of hydrogen-bond donors (Lipinski definition) is 1. The van der Waals surface area contributed by atoms with Crippen LogP contribution >= 0.6 is 0 Å². The fourth-order valence-electron chi connectivity index (χ4n) is 1.47. The SMILES string of the molecule is CC(N)Cc1ccc(C2OCCO2)o1. The smallest absolute Gasteiger partial charge is 0.217 e. The highest BCUT2D eigenvalue weighted by atomic mass is 16.7. The van der Waals surface area contributed by atoms with Crippen LogP contribution in [0.2, 0.25) is 0 Å². The zero-order chi connectivity index (χ0) is 9.97. The summed E-state index contributed by atoms with van der Waals surface area (Å²) in [5, 5.41) is 0. The Morgan fingerprint density at radius 1 is 1.43 bits per heavy atom. The third-order valence-corrected chi connectivity index (χ3v) is 2.06. The second-order valence-electron chi connectivity index (χ2n) is 3.56. The topological polar surface area (TPSA) is 57.6 Å². The van der Waals surface area contributed by atoms with Crippen LogP contribution in [0.1, 0.15) is 24.7 Å². The van der Waals surface area contributed by atoms with E-state index >= 15 is 0 Å². The van der Waals surface area contributed by atoms with Crippen molar-refractivity contribution in [1.29, 1.82) is 0 Å². The predicted octanol–water partition coefficient (Wildman–Crippen LogP) is 1.21. The van der Waals surface area contributed by atoms with E-state index in [9.17, 15) is 0 Å². The van der Waals surface area contributed by atoms with Gasteiger partial charge in [-0.05, 0) is 19.1 Å². The number of furan rings is 1. The minimum atomic E-state index is -0.322. The van der Waals surface area contributed by atoms with Crippen LogP contribution in [0, 0.1) is 0 Å². The van der Waals surface area contributed by atoms with Gasteiger partial charge in [0.05, 0.1) is 13.2 Å². The zero-order valence-corrected chi connectivity index (χ0v) is 8.23. The molecule has 78 valence electrons. The molecule has 0 saturated carbocycles. The molecule has 1 fully saturated rings. The minimum absolute atomic E-state index is 0.111. The molecule has 0 bridgehead atoms. The van der Waals surface area contributed by atoms with Crippen LogP contribution in [0.15, 0.2) is 16.5 Å². The first-order valence-corrected chi connectivity index (χ1v) is 4.83. The molecule has 4 nitrogen and oxygen atoms in total. The summed E-state index contributed by atoms with van der Waals surface area (Å²) in [5.74, 6) is 1.62. The van der Waals surface area contributed by atoms with Crippen molar-refractivity contribution in [2.75, 3.05) is 13.2 Å². The lowest BCUT2D eigenvalue weighted by molar-refractivity contribution is -0.0594. The Morgan fingerprint density at radius 2 is 2.14 bits per heavy atom. The van der Waals surface area contributed by atoms with Crippen LogP contribution in [0.25, 0.3) is 0 Å². The maximum Gasteiger partial charge on any atom is 0.217 e. The highest BCUT2D eigenvalue weighted by molar-refractivity contribution is 5.09. The first-order chi connectivity index (χ1) is 6.75. The maximum absolute atomic E-state index is 5.66. The molecule has 2 N–H and O–H groups in total. The van der Waals surface area contributed by atoms with Gasteiger partial charge < -0.3 is 19.6 Å². The molecule has 0 amide bonds. The van der Waals surface area contributed by atoms with Gasteiger partial charge in [-0.3, -0.25) is 0 Å². The molecule has 1 aliphatic heterocycles. The van der Waals surface area contributed by atoms with Gasteiger partial charge in [-0.15, -0.1) is 0 Å². The van der Waals surface area contributed by atoms with Crippen molar-refractivity contribution in [1.82, 2.24) is 0 Å². The van der Waals surface area contributed by atoms with Gasteiger partial charge in [0.2, 0.25) is 6.29 Å². The Bertz CT molecular complexity index is 289. The van der Waals surface area contributed by atoms with E-state index in [4.69, 9.17) is 19.6 Å². The Hall–Kier alpha value is -0.840. The molecule has 1 unspecified atom stereocenters. The van der Waals surface area contributed by atoms with E-state index in [2.05, 4.69) is 0 Å². The summed E-state index contributed by atoms with van der Waals surface area (Å²) in [4.78, 5) is 0. The quantitative estimate of drug-likeness (QED) is 0.791. The van der Waals surface area contributed by atoms with Gasteiger partial charge in [-0.2, -0.15) is 0 Å². The molecule has 1 atom stereocenters. The predicted molar refractivity (Wildman–Crippen MR) is 50.7 cm³/mol. The molecule has 14 heavy (non-hydrogen) atoms. The molecule has 0 spiro atoms. The molecule has 1 aliphatic rings. The molecule has 2 heterocycles. The minimum Gasteiger partial charge on any atom is -0.461 e. The van der Waals surface area contributed by atoms with Crippen LogP contribution in [0.5, 0.6) is 0 Å². The third-order valence-electron chi connectivity index (χ3n) is 2.06. The van der Waals surface area contributed by atoms with E-state index in [0.717, 1.165) is 17.9 Å². The lowest BCUT2D eigenvalue weighted by Gasteiger charge is -2.05. The zero-order valence-electron chi connectivity index (χ0n) is 8.23. The van der Waals surface area contributed by atoms with Gasteiger partial charge in [0, 0.05) is 12.5 Å². The molecule has 0 aromatic carbocycles. The van der Waals surface area contributed by atoms with Gasteiger partial charge in [-0.25, -0.2) is 0 Å². The maximum atomic E-state index is 5.66. The van der Waals surface area contributed by atoms with Crippen molar-refractivity contribution in [2.24, 2.45) is 5.73 Å². The summed E-state index contributed by atoms with van der Waals surface area (Å²) >= 11 is 0. The van der Waals surface area contributed by atoms with E-state index in [1.54, 1.807) is 0 Å². The number of ether oxygens (including phenoxy) is 2. The normalized spacial score (nSPS) is 20.1. The number of hydrogen-bond acceptors (Lipinski definition) is 4. The van der Waals surface area contributed by atoms with Crippen molar-refractivity contribution in [3.63, 3.8) is 0 Å². The van der Waals surface area contributed by atoms with E-state index in [-0.39, 0.29) is 12.3 Å². The average molecular weight is 197 g/mol. The summed E-state index contributed by atoms with van der Waals surface area (Å²) in [6, 6.07) is 3.91. The van der Waals surface area contributed by atoms with E-state index in [1.807, 2.05) is 19.1 Å². The van der Waals surface area contributed by atoms with Gasteiger partial charge in [0.25, 0.3) is 0 Å². The second kappa shape index (κ2) is 4.13. The van der Waals surface area contributed by atoms with Crippen LogP contribution in [-0.4, -0.2) is 19.3 Å². The van der Waals surface area contributed by atoms with E-state index in [0.29, 0.717) is 13.2 Å². The lowest BCUT2D eigenvalue weighted by Crippen LogP contribution is -2.17. The Balaban J connectivity index is 2.01. The first-order valence-electron chi connectivity index (χ1n) is 4.83. The van der Waals surface area contributed by atoms with Crippen molar-refractivity contribution < 1.29 is 13.9 Å². The molecule has 1 saturated heterocycles. The summed E-state index contributed by atoms with van der Waals surface area (Å²) in [6.07, 6.45) is 0.420. The van der Waals surface area contributed by atoms with Crippen molar-refractivity contribution in [3.8, 4) is 0 Å². The van der Waals surface area contributed by atoms with Crippen LogP contribution in [0.4, 0.5) is 0 Å². The molecule has 2 rings (SSSR count). The molecule has 1 aromatic rings. The molecule has 1 aromatic heterocycles. The van der Waals surface area contributed by atoms with Gasteiger partial charge in [-0.1, -0.05) is 0 Å². The Morgan fingerprint density at radius 3 is 2.79 bits per heavy atom. The molecule has 4 heteroatoms. The average Bonchev–Trinajstić information content (AvgIpc) is 2.69. The van der Waals surface area contributed by atoms with E-state index < -0.39 is 0 Å². The van der Waals surface area contributed by atoms with Crippen molar-refractivity contribution in [2.45, 2.75) is 25.7 Å². The van der Waals surface area contributed by atoms with Gasteiger partial charge in [0.15, 0.2) is 5.76 Å². The Labute approximate surface area is 83.0 Å². The standard InChI is InChI=1S/C10H15NO3/c1-7(11)6-8-2-3-9(14-8)10-12-4-5-13-10/h2-3,7,10H,4-6,11H2,1H3. The van der Waals surface area contributed by atoms with E-state index in [1.165, 1.54) is 0 Å². The summed E-state index contributed by atoms with van der Waals surface area (Å²) in [7, 11) is 0. The molecular weight excluding hydrogens is 182 g/mol. The number of rotatable bonds is 3. The molecular formula is C10H15NO3. The monoisotopic (exact) mass is 197 g/mol. The fourth-order valence-corrected chi connectivity index (χ4v) is 1.47. The van der Waals surface area contributed by atoms with Crippen LogP contribution < -0.4 is 5.73 Å². The van der Waals surface area contributed by atoms with Crippen molar-refractivity contribution >= 4 is 0 Å².